The van der Waals surface area contributed by atoms with Gasteiger partial charge in [-0.15, -0.1) is 10.2 Å². The SMILES string of the molecule is CC(=O)c1ccccc1NC(=O)C(C)Sc1nnc(N2CCOCC2)n1-c1cccc(C)c1. The second-order valence-electron chi connectivity index (χ2n) is 7.91. The van der Waals surface area contributed by atoms with Crippen LogP contribution in [0.3, 0.4) is 0 Å². The molecule has 8 nitrogen and oxygen atoms in total. The molecular weight excluding hydrogens is 438 g/mol. The summed E-state index contributed by atoms with van der Waals surface area (Å²) in [7, 11) is 0. The number of amides is 1. The summed E-state index contributed by atoms with van der Waals surface area (Å²) >= 11 is 1.33. The zero-order valence-electron chi connectivity index (χ0n) is 18.9. The largest absolute Gasteiger partial charge is 0.378 e. The lowest BCUT2D eigenvalue weighted by Crippen LogP contribution is -2.38. The molecule has 0 radical (unpaired) electrons. The molecule has 172 valence electrons. The fraction of sp³-hybridized carbons (Fsp3) is 0.333. The van der Waals surface area contributed by atoms with Gasteiger partial charge in [-0.3, -0.25) is 14.2 Å². The number of thioether (sulfide) groups is 1. The van der Waals surface area contributed by atoms with E-state index in [4.69, 9.17) is 4.74 Å². The van der Waals surface area contributed by atoms with E-state index in [2.05, 4.69) is 26.5 Å². The van der Waals surface area contributed by atoms with Crippen molar-refractivity contribution in [2.45, 2.75) is 31.2 Å². The van der Waals surface area contributed by atoms with Gasteiger partial charge in [0, 0.05) is 18.7 Å². The highest BCUT2D eigenvalue weighted by Gasteiger charge is 2.25. The van der Waals surface area contributed by atoms with Gasteiger partial charge >= 0.3 is 0 Å². The number of morpholine rings is 1. The molecule has 4 rings (SSSR count). The van der Waals surface area contributed by atoms with Crippen LogP contribution in [0.4, 0.5) is 11.6 Å². The molecule has 0 bridgehead atoms. The highest BCUT2D eigenvalue weighted by atomic mass is 32.2. The molecule has 1 N–H and O–H groups in total. The van der Waals surface area contributed by atoms with Crippen LogP contribution in [0.5, 0.6) is 0 Å². The molecule has 0 saturated carbocycles. The predicted molar refractivity (Wildman–Crippen MR) is 130 cm³/mol. The fourth-order valence-corrected chi connectivity index (χ4v) is 4.51. The molecule has 1 aliphatic rings. The lowest BCUT2D eigenvalue weighted by atomic mass is 10.1. The first kappa shape index (κ1) is 23.0. The van der Waals surface area contributed by atoms with Crippen molar-refractivity contribution in [1.82, 2.24) is 14.8 Å². The number of para-hydroxylation sites is 1. The lowest BCUT2D eigenvalue weighted by Gasteiger charge is -2.28. The van der Waals surface area contributed by atoms with Crippen LogP contribution in [0.1, 0.15) is 29.8 Å². The number of ketones is 1. The summed E-state index contributed by atoms with van der Waals surface area (Å²) in [6.07, 6.45) is 0. The monoisotopic (exact) mass is 465 g/mol. The van der Waals surface area contributed by atoms with E-state index in [1.807, 2.05) is 36.6 Å². The van der Waals surface area contributed by atoms with Gasteiger partial charge < -0.3 is 15.0 Å². The highest BCUT2D eigenvalue weighted by molar-refractivity contribution is 8.00. The van der Waals surface area contributed by atoms with Gasteiger partial charge in [-0.25, -0.2) is 0 Å². The number of nitrogens with one attached hydrogen (secondary N) is 1. The zero-order chi connectivity index (χ0) is 23.4. The first-order valence-corrected chi connectivity index (χ1v) is 11.7. The molecule has 0 spiro atoms. The third-order valence-electron chi connectivity index (χ3n) is 5.39. The maximum atomic E-state index is 13.0. The Morgan fingerprint density at radius 1 is 1.09 bits per heavy atom. The average Bonchev–Trinajstić information content (AvgIpc) is 3.23. The van der Waals surface area contributed by atoms with E-state index in [0.29, 0.717) is 29.6 Å². The van der Waals surface area contributed by atoms with Crippen LogP contribution in [-0.4, -0.2) is 58.0 Å². The molecule has 0 aliphatic carbocycles. The van der Waals surface area contributed by atoms with Gasteiger partial charge in [0.2, 0.25) is 11.9 Å². The topological polar surface area (TPSA) is 89.3 Å². The van der Waals surface area contributed by atoms with Crippen LogP contribution in [0.15, 0.2) is 53.7 Å². The number of carbonyl (C=O) groups excluding carboxylic acids is 2. The first-order valence-electron chi connectivity index (χ1n) is 10.9. The number of nitrogens with zero attached hydrogens (tertiary/aromatic N) is 4. The summed E-state index contributed by atoms with van der Waals surface area (Å²) in [5.41, 5.74) is 3.06. The smallest absolute Gasteiger partial charge is 0.237 e. The van der Waals surface area contributed by atoms with E-state index in [9.17, 15) is 9.59 Å². The van der Waals surface area contributed by atoms with Gasteiger partial charge in [0.15, 0.2) is 10.9 Å². The summed E-state index contributed by atoms with van der Waals surface area (Å²) in [6, 6.07) is 15.1. The van der Waals surface area contributed by atoms with Gasteiger partial charge in [0.1, 0.15) is 0 Å². The van der Waals surface area contributed by atoms with Crippen LogP contribution >= 0.6 is 11.8 Å². The Hall–Kier alpha value is -3.17. The van der Waals surface area contributed by atoms with Crippen molar-refractivity contribution in [3.05, 3.63) is 59.7 Å². The Morgan fingerprint density at radius 2 is 1.85 bits per heavy atom. The number of aryl methyl sites for hydroxylation is 1. The molecule has 33 heavy (non-hydrogen) atoms. The van der Waals surface area contributed by atoms with E-state index in [1.54, 1.807) is 24.3 Å². The van der Waals surface area contributed by atoms with Crippen LogP contribution < -0.4 is 10.2 Å². The minimum atomic E-state index is -0.463. The number of carbonyl (C=O) groups is 2. The van der Waals surface area contributed by atoms with Gasteiger partial charge in [0.25, 0.3) is 0 Å². The number of ether oxygens (including phenoxy) is 1. The molecule has 3 aromatic rings. The van der Waals surface area contributed by atoms with Crippen molar-refractivity contribution >= 4 is 35.1 Å². The molecule has 1 saturated heterocycles. The maximum Gasteiger partial charge on any atom is 0.237 e. The lowest BCUT2D eigenvalue weighted by molar-refractivity contribution is -0.115. The van der Waals surface area contributed by atoms with E-state index in [1.165, 1.54) is 18.7 Å². The van der Waals surface area contributed by atoms with Crippen molar-refractivity contribution in [2.75, 3.05) is 36.5 Å². The normalized spacial score (nSPS) is 14.7. The average molecular weight is 466 g/mol. The van der Waals surface area contributed by atoms with E-state index in [0.717, 1.165) is 30.3 Å². The Kier molecular flexibility index (Phi) is 7.10. The maximum absolute atomic E-state index is 13.0. The highest BCUT2D eigenvalue weighted by Crippen LogP contribution is 2.30. The molecule has 9 heteroatoms. The molecule has 1 amide bonds. The van der Waals surface area contributed by atoms with E-state index in [-0.39, 0.29) is 11.7 Å². The number of rotatable bonds is 7. The molecular formula is C24H27N5O3S. The van der Waals surface area contributed by atoms with Crippen molar-refractivity contribution in [3.63, 3.8) is 0 Å². The van der Waals surface area contributed by atoms with Gasteiger partial charge in [0.05, 0.1) is 29.8 Å². The first-order chi connectivity index (χ1) is 15.9. The summed E-state index contributed by atoms with van der Waals surface area (Å²) in [4.78, 5) is 27.0. The third kappa shape index (κ3) is 5.26. The van der Waals surface area contributed by atoms with Gasteiger partial charge in [-0.2, -0.15) is 0 Å². The van der Waals surface area contributed by atoms with Crippen molar-refractivity contribution in [1.29, 1.82) is 0 Å². The molecule has 1 atom stereocenters. The summed E-state index contributed by atoms with van der Waals surface area (Å²) in [5, 5.41) is 11.9. The molecule has 1 aromatic heterocycles. The number of hydrogen-bond acceptors (Lipinski definition) is 7. The van der Waals surface area contributed by atoms with Crippen LogP contribution in [0.2, 0.25) is 0 Å². The number of benzene rings is 2. The third-order valence-corrected chi connectivity index (χ3v) is 6.43. The summed E-state index contributed by atoms with van der Waals surface area (Å²) in [6.45, 7) is 8.08. The molecule has 2 heterocycles. The molecule has 1 aliphatic heterocycles. The quantitative estimate of drug-likeness (QED) is 0.420. The van der Waals surface area contributed by atoms with Crippen LogP contribution in [-0.2, 0) is 9.53 Å². The van der Waals surface area contributed by atoms with Crippen LogP contribution in [0.25, 0.3) is 5.69 Å². The van der Waals surface area contributed by atoms with Crippen molar-refractivity contribution in [2.24, 2.45) is 0 Å². The number of hydrogen-bond donors (Lipinski definition) is 1. The minimum Gasteiger partial charge on any atom is -0.378 e. The summed E-state index contributed by atoms with van der Waals surface area (Å²) in [5.74, 6) is 0.432. The minimum absolute atomic E-state index is 0.0967. The van der Waals surface area contributed by atoms with Gasteiger partial charge in [-0.05, 0) is 50.6 Å². The zero-order valence-corrected chi connectivity index (χ0v) is 19.8. The summed E-state index contributed by atoms with van der Waals surface area (Å²) < 4.78 is 7.49. The second-order valence-corrected chi connectivity index (χ2v) is 9.22. The van der Waals surface area contributed by atoms with Gasteiger partial charge in [-0.1, -0.05) is 36.0 Å². The Balaban J connectivity index is 1.60. The van der Waals surface area contributed by atoms with Crippen molar-refractivity contribution in [3.8, 4) is 5.69 Å². The standard InChI is InChI=1S/C24H27N5O3S/c1-16-7-6-8-19(15-16)29-23(28-11-13-32-14-12-28)26-27-24(29)33-18(3)22(31)25-21-10-5-4-9-20(21)17(2)30/h4-10,15,18H,11-14H2,1-3H3,(H,25,31). The van der Waals surface area contributed by atoms with Crippen molar-refractivity contribution < 1.29 is 14.3 Å². The number of anilines is 2. The Labute approximate surface area is 197 Å². The molecule has 1 unspecified atom stereocenters. The molecule has 2 aromatic carbocycles. The van der Waals surface area contributed by atoms with E-state index < -0.39 is 5.25 Å². The number of Topliss-reactive ketones (excluding diaryl/α,β-unsaturated/α-hetero) is 1. The van der Waals surface area contributed by atoms with Crippen LogP contribution in [0, 0.1) is 6.92 Å². The predicted octanol–water partition coefficient (Wildman–Crippen LogP) is 3.73. The number of aromatic nitrogens is 3. The Bertz CT molecular complexity index is 1160. The van der Waals surface area contributed by atoms with E-state index >= 15 is 0 Å². The Morgan fingerprint density at radius 3 is 2.58 bits per heavy atom. The molecule has 1 fully saturated rings. The second kappa shape index (κ2) is 10.2. The fourth-order valence-electron chi connectivity index (χ4n) is 3.64.